The largest absolute Gasteiger partial charge is 0.354 e. The Labute approximate surface area is 103 Å². The SMILES string of the molecule is CCNc1ncc([N+](=O)[O-])c(-c2ccnn2C)n1. The molecule has 18 heavy (non-hydrogen) atoms. The van der Waals surface area contributed by atoms with Gasteiger partial charge in [-0.05, 0) is 13.0 Å². The lowest BCUT2D eigenvalue weighted by molar-refractivity contribution is -0.384. The van der Waals surface area contributed by atoms with Crippen LogP contribution in [0.4, 0.5) is 11.6 Å². The summed E-state index contributed by atoms with van der Waals surface area (Å²) in [6.45, 7) is 2.54. The Bertz CT molecular complexity index is 579. The number of nitro groups is 1. The molecule has 0 amide bonds. The van der Waals surface area contributed by atoms with Gasteiger partial charge < -0.3 is 5.32 Å². The Morgan fingerprint density at radius 2 is 2.33 bits per heavy atom. The summed E-state index contributed by atoms with van der Waals surface area (Å²) in [5, 5.41) is 17.9. The molecule has 0 saturated carbocycles. The highest BCUT2D eigenvalue weighted by Gasteiger charge is 2.20. The minimum absolute atomic E-state index is 0.139. The first-order chi connectivity index (χ1) is 8.63. The van der Waals surface area contributed by atoms with Crippen LogP contribution in [0.25, 0.3) is 11.4 Å². The number of hydrogen-bond acceptors (Lipinski definition) is 6. The van der Waals surface area contributed by atoms with E-state index >= 15 is 0 Å². The van der Waals surface area contributed by atoms with Crippen LogP contribution >= 0.6 is 0 Å². The number of nitrogens with one attached hydrogen (secondary N) is 1. The smallest absolute Gasteiger partial charge is 0.315 e. The third-order valence-corrected chi connectivity index (χ3v) is 2.36. The fourth-order valence-corrected chi connectivity index (χ4v) is 1.55. The van der Waals surface area contributed by atoms with E-state index in [1.807, 2.05) is 6.92 Å². The van der Waals surface area contributed by atoms with Gasteiger partial charge in [0.2, 0.25) is 5.95 Å². The van der Waals surface area contributed by atoms with Crippen LogP contribution < -0.4 is 5.32 Å². The van der Waals surface area contributed by atoms with Gasteiger partial charge in [0.25, 0.3) is 0 Å². The average molecular weight is 248 g/mol. The monoisotopic (exact) mass is 248 g/mol. The predicted molar refractivity (Wildman–Crippen MR) is 65.1 cm³/mol. The molecule has 0 aliphatic carbocycles. The van der Waals surface area contributed by atoms with Gasteiger partial charge in [-0.15, -0.1) is 0 Å². The average Bonchev–Trinajstić information content (AvgIpc) is 2.75. The molecule has 8 nitrogen and oxygen atoms in total. The fourth-order valence-electron chi connectivity index (χ4n) is 1.55. The predicted octanol–water partition coefficient (Wildman–Crippen LogP) is 1.22. The first-order valence-electron chi connectivity index (χ1n) is 5.37. The van der Waals surface area contributed by atoms with E-state index in [-0.39, 0.29) is 11.4 Å². The topological polar surface area (TPSA) is 98.8 Å². The lowest BCUT2D eigenvalue weighted by Crippen LogP contribution is -2.06. The van der Waals surface area contributed by atoms with Gasteiger partial charge in [-0.3, -0.25) is 14.8 Å². The summed E-state index contributed by atoms with van der Waals surface area (Å²) < 4.78 is 1.53. The van der Waals surface area contributed by atoms with Crippen molar-refractivity contribution in [3.8, 4) is 11.4 Å². The van der Waals surface area contributed by atoms with E-state index in [1.54, 1.807) is 19.3 Å². The highest BCUT2D eigenvalue weighted by Crippen LogP contribution is 2.27. The molecule has 0 aliphatic rings. The number of nitrogens with zero attached hydrogens (tertiary/aromatic N) is 5. The molecule has 0 atom stereocenters. The van der Waals surface area contributed by atoms with E-state index in [0.29, 0.717) is 18.2 Å². The van der Waals surface area contributed by atoms with Gasteiger partial charge in [-0.2, -0.15) is 5.10 Å². The zero-order valence-corrected chi connectivity index (χ0v) is 9.99. The third-order valence-electron chi connectivity index (χ3n) is 2.36. The first kappa shape index (κ1) is 12.0. The minimum Gasteiger partial charge on any atom is -0.354 e. The Kier molecular flexibility index (Phi) is 3.18. The summed E-state index contributed by atoms with van der Waals surface area (Å²) in [5.41, 5.74) is 0.689. The molecule has 2 heterocycles. The molecule has 0 aliphatic heterocycles. The number of aromatic nitrogens is 4. The standard InChI is InChI=1S/C10H12N6O2/c1-3-11-10-12-6-8(16(17)18)9(14-10)7-4-5-13-15(7)2/h4-6H,3H2,1-2H3,(H,11,12,14). The van der Waals surface area contributed by atoms with Gasteiger partial charge in [-0.25, -0.2) is 9.97 Å². The maximum absolute atomic E-state index is 11.0. The van der Waals surface area contributed by atoms with E-state index < -0.39 is 4.92 Å². The van der Waals surface area contributed by atoms with Crippen LogP contribution in [-0.2, 0) is 7.05 Å². The Hall–Kier alpha value is -2.51. The van der Waals surface area contributed by atoms with Crippen LogP contribution in [0, 0.1) is 10.1 Å². The Morgan fingerprint density at radius 3 is 2.89 bits per heavy atom. The van der Waals surface area contributed by atoms with Crippen molar-refractivity contribution in [3.63, 3.8) is 0 Å². The van der Waals surface area contributed by atoms with Gasteiger partial charge in [0, 0.05) is 19.8 Å². The molecule has 0 saturated heterocycles. The van der Waals surface area contributed by atoms with Gasteiger partial charge in [0.1, 0.15) is 6.20 Å². The molecule has 2 aromatic heterocycles. The lowest BCUT2D eigenvalue weighted by Gasteiger charge is -2.05. The second kappa shape index (κ2) is 4.78. The Morgan fingerprint density at radius 1 is 1.56 bits per heavy atom. The molecule has 94 valence electrons. The van der Waals surface area contributed by atoms with E-state index in [2.05, 4.69) is 20.4 Å². The lowest BCUT2D eigenvalue weighted by atomic mass is 10.2. The molecule has 2 rings (SSSR count). The molecule has 0 aromatic carbocycles. The molecule has 2 aromatic rings. The maximum Gasteiger partial charge on any atom is 0.315 e. The van der Waals surface area contributed by atoms with Crippen LogP contribution in [-0.4, -0.2) is 31.2 Å². The summed E-state index contributed by atoms with van der Waals surface area (Å²) in [6.07, 6.45) is 2.77. The molecule has 0 fully saturated rings. The minimum atomic E-state index is -0.502. The number of hydrogen-bond donors (Lipinski definition) is 1. The number of aryl methyl sites for hydroxylation is 1. The highest BCUT2D eigenvalue weighted by atomic mass is 16.6. The molecule has 0 unspecified atom stereocenters. The number of anilines is 1. The van der Waals surface area contributed by atoms with Crippen molar-refractivity contribution in [1.29, 1.82) is 0 Å². The van der Waals surface area contributed by atoms with E-state index in [1.165, 1.54) is 10.9 Å². The second-order valence-electron chi connectivity index (χ2n) is 3.55. The van der Waals surface area contributed by atoms with Crippen LogP contribution in [0.3, 0.4) is 0 Å². The van der Waals surface area contributed by atoms with Crippen LogP contribution in [0.2, 0.25) is 0 Å². The third kappa shape index (κ3) is 2.12. The zero-order chi connectivity index (χ0) is 13.1. The zero-order valence-electron chi connectivity index (χ0n) is 9.99. The van der Waals surface area contributed by atoms with Gasteiger partial charge in [0.05, 0.1) is 10.6 Å². The van der Waals surface area contributed by atoms with E-state index in [9.17, 15) is 10.1 Å². The quantitative estimate of drug-likeness (QED) is 0.645. The molecule has 1 N–H and O–H groups in total. The highest BCUT2D eigenvalue weighted by molar-refractivity contribution is 5.66. The first-order valence-corrected chi connectivity index (χ1v) is 5.37. The van der Waals surface area contributed by atoms with Gasteiger partial charge in [0.15, 0.2) is 5.69 Å². The molecular weight excluding hydrogens is 236 g/mol. The van der Waals surface area contributed by atoms with Crippen LogP contribution in [0.15, 0.2) is 18.5 Å². The van der Waals surface area contributed by atoms with Crippen molar-refractivity contribution >= 4 is 11.6 Å². The van der Waals surface area contributed by atoms with E-state index in [4.69, 9.17) is 0 Å². The van der Waals surface area contributed by atoms with Gasteiger partial charge >= 0.3 is 5.69 Å². The molecule has 0 radical (unpaired) electrons. The Balaban J connectivity index is 2.58. The van der Waals surface area contributed by atoms with Crippen molar-refractivity contribution in [2.24, 2.45) is 7.05 Å². The van der Waals surface area contributed by atoms with Crippen molar-refractivity contribution in [1.82, 2.24) is 19.7 Å². The fraction of sp³-hybridized carbons (Fsp3) is 0.300. The van der Waals surface area contributed by atoms with Crippen LogP contribution in [0.5, 0.6) is 0 Å². The summed E-state index contributed by atoms with van der Waals surface area (Å²) in [4.78, 5) is 18.5. The maximum atomic E-state index is 11.0. The van der Waals surface area contributed by atoms with Crippen LogP contribution in [0.1, 0.15) is 6.92 Å². The molecule has 0 bridgehead atoms. The van der Waals surface area contributed by atoms with Crippen molar-refractivity contribution < 1.29 is 4.92 Å². The molecular formula is C10H12N6O2. The van der Waals surface area contributed by atoms with Crippen molar-refractivity contribution in [2.75, 3.05) is 11.9 Å². The van der Waals surface area contributed by atoms with E-state index in [0.717, 1.165) is 0 Å². The summed E-state index contributed by atoms with van der Waals surface area (Å²) in [5.74, 6) is 0.360. The van der Waals surface area contributed by atoms with Crippen molar-refractivity contribution in [3.05, 3.63) is 28.6 Å². The summed E-state index contributed by atoms with van der Waals surface area (Å²) in [6, 6.07) is 1.67. The van der Waals surface area contributed by atoms with Gasteiger partial charge in [-0.1, -0.05) is 0 Å². The normalized spacial score (nSPS) is 10.3. The summed E-state index contributed by atoms with van der Waals surface area (Å²) in [7, 11) is 1.70. The molecule has 8 heteroatoms. The molecule has 0 spiro atoms. The van der Waals surface area contributed by atoms with Crippen molar-refractivity contribution in [2.45, 2.75) is 6.92 Å². The summed E-state index contributed by atoms with van der Waals surface area (Å²) >= 11 is 0. The number of rotatable bonds is 4. The second-order valence-corrected chi connectivity index (χ2v) is 3.55.